The fourth-order valence-corrected chi connectivity index (χ4v) is 2.86. The third kappa shape index (κ3) is 2.23. The largest absolute Gasteiger partial charge is 0.326 e. The molecule has 0 saturated heterocycles. The Morgan fingerprint density at radius 2 is 1.74 bits per heavy atom. The Labute approximate surface area is 114 Å². The summed E-state index contributed by atoms with van der Waals surface area (Å²) in [6.07, 6.45) is 0.400. The van der Waals surface area contributed by atoms with Gasteiger partial charge in [-0.05, 0) is 28.5 Å². The smallest absolute Gasteiger partial charge is 0.228 e. The molecular weight excluding hydrogens is 236 g/mol. The molecule has 1 aromatic carbocycles. The molecule has 0 spiro atoms. The van der Waals surface area contributed by atoms with Crippen LogP contribution in [0.3, 0.4) is 0 Å². The predicted octanol–water partition coefficient (Wildman–Crippen LogP) is 3.37. The van der Waals surface area contributed by atoms with Crippen molar-refractivity contribution >= 4 is 11.6 Å². The number of anilines is 1. The van der Waals surface area contributed by atoms with Crippen LogP contribution in [-0.2, 0) is 11.2 Å². The molecule has 2 rings (SSSR count). The minimum Gasteiger partial charge on any atom is -0.326 e. The van der Waals surface area contributed by atoms with Crippen LogP contribution in [0.15, 0.2) is 24.3 Å². The van der Waals surface area contributed by atoms with E-state index in [1.54, 1.807) is 0 Å². The SMILES string of the molecule is CC1(C)C(C(=O)Nc2ccc(CC#N)cc2)C1(C)C. The van der Waals surface area contributed by atoms with Crippen molar-refractivity contribution < 1.29 is 4.79 Å². The van der Waals surface area contributed by atoms with Crippen molar-refractivity contribution in [1.82, 2.24) is 0 Å². The van der Waals surface area contributed by atoms with E-state index < -0.39 is 0 Å². The maximum atomic E-state index is 12.3. The normalized spacial score (nSPS) is 19.5. The number of nitrogens with zero attached hydrogens (tertiary/aromatic N) is 1. The number of nitriles is 1. The minimum atomic E-state index is 0.0534. The highest BCUT2D eigenvalue weighted by molar-refractivity contribution is 5.96. The molecule has 100 valence electrons. The van der Waals surface area contributed by atoms with Crippen LogP contribution in [0, 0.1) is 28.1 Å². The van der Waals surface area contributed by atoms with E-state index in [9.17, 15) is 4.79 Å². The first-order chi connectivity index (χ1) is 8.80. The van der Waals surface area contributed by atoms with E-state index in [2.05, 4.69) is 39.1 Å². The van der Waals surface area contributed by atoms with E-state index in [4.69, 9.17) is 5.26 Å². The number of rotatable bonds is 3. The number of carbonyl (C=O) groups is 1. The van der Waals surface area contributed by atoms with Crippen molar-refractivity contribution in [3.8, 4) is 6.07 Å². The molecule has 0 atom stereocenters. The van der Waals surface area contributed by atoms with Gasteiger partial charge in [0.1, 0.15) is 0 Å². The molecule has 0 radical (unpaired) electrons. The Balaban J connectivity index is 2.03. The van der Waals surface area contributed by atoms with Crippen LogP contribution in [0.2, 0.25) is 0 Å². The summed E-state index contributed by atoms with van der Waals surface area (Å²) in [5, 5.41) is 11.6. The van der Waals surface area contributed by atoms with Crippen molar-refractivity contribution in [2.45, 2.75) is 34.1 Å². The van der Waals surface area contributed by atoms with Gasteiger partial charge in [0.05, 0.1) is 12.5 Å². The molecule has 3 nitrogen and oxygen atoms in total. The van der Waals surface area contributed by atoms with Crippen molar-refractivity contribution in [1.29, 1.82) is 5.26 Å². The van der Waals surface area contributed by atoms with Crippen LogP contribution in [0.1, 0.15) is 33.3 Å². The number of hydrogen-bond acceptors (Lipinski definition) is 2. The van der Waals surface area contributed by atoms with Crippen molar-refractivity contribution in [3.05, 3.63) is 29.8 Å². The Morgan fingerprint density at radius 1 is 1.21 bits per heavy atom. The highest BCUT2D eigenvalue weighted by atomic mass is 16.2. The third-order valence-corrected chi connectivity index (χ3v) is 4.79. The second kappa shape index (κ2) is 4.38. The van der Waals surface area contributed by atoms with E-state index in [1.807, 2.05) is 24.3 Å². The van der Waals surface area contributed by atoms with Gasteiger partial charge in [-0.1, -0.05) is 39.8 Å². The Hall–Kier alpha value is -1.82. The molecule has 1 N–H and O–H groups in total. The van der Waals surface area contributed by atoms with Gasteiger partial charge in [0.25, 0.3) is 0 Å². The van der Waals surface area contributed by atoms with Crippen molar-refractivity contribution in [2.24, 2.45) is 16.7 Å². The molecule has 1 saturated carbocycles. The van der Waals surface area contributed by atoms with Crippen LogP contribution in [-0.4, -0.2) is 5.91 Å². The topological polar surface area (TPSA) is 52.9 Å². The predicted molar refractivity (Wildman–Crippen MR) is 75.4 cm³/mol. The molecule has 1 amide bonds. The first-order valence-corrected chi connectivity index (χ1v) is 6.57. The van der Waals surface area contributed by atoms with Gasteiger partial charge >= 0.3 is 0 Å². The average molecular weight is 256 g/mol. The summed E-state index contributed by atoms with van der Waals surface area (Å²) in [6.45, 7) is 8.53. The molecule has 0 heterocycles. The minimum absolute atomic E-state index is 0.0534. The lowest BCUT2D eigenvalue weighted by Crippen LogP contribution is -2.17. The number of benzene rings is 1. The first-order valence-electron chi connectivity index (χ1n) is 6.57. The summed E-state index contributed by atoms with van der Waals surface area (Å²) in [6, 6.07) is 9.57. The summed E-state index contributed by atoms with van der Waals surface area (Å²) >= 11 is 0. The van der Waals surface area contributed by atoms with Crippen LogP contribution in [0.4, 0.5) is 5.69 Å². The van der Waals surface area contributed by atoms with E-state index in [0.29, 0.717) is 6.42 Å². The van der Waals surface area contributed by atoms with Gasteiger partial charge in [-0.25, -0.2) is 0 Å². The highest BCUT2D eigenvalue weighted by Crippen LogP contribution is 2.68. The molecule has 19 heavy (non-hydrogen) atoms. The maximum Gasteiger partial charge on any atom is 0.228 e. The lowest BCUT2D eigenvalue weighted by Gasteiger charge is -2.07. The second-order valence-electron chi connectivity index (χ2n) is 6.40. The molecular formula is C16H20N2O. The fourth-order valence-electron chi connectivity index (χ4n) is 2.86. The summed E-state index contributed by atoms with van der Waals surface area (Å²) in [5.41, 5.74) is 1.87. The van der Waals surface area contributed by atoms with Gasteiger partial charge < -0.3 is 5.32 Å². The van der Waals surface area contributed by atoms with Gasteiger partial charge in [-0.15, -0.1) is 0 Å². The summed E-state index contributed by atoms with van der Waals surface area (Å²) in [7, 11) is 0. The molecule has 0 bridgehead atoms. The summed E-state index contributed by atoms with van der Waals surface area (Å²) < 4.78 is 0. The van der Waals surface area contributed by atoms with E-state index >= 15 is 0 Å². The zero-order chi connectivity index (χ0) is 14.3. The molecule has 1 fully saturated rings. The lowest BCUT2D eigenvalue weighted by atomic mass is 10.0. The van der Waals surface area contributed by atoms with Gasteiger partial charge in [0.15, 0.2) is 0 Å². The monoisotopic (exact) mass is 256 g/mol. The first kappa shape index (κ1) is 13.6. The lowest BCUT2D eigenvalue weighted by molar-refractivity contribution is -0.118. The zero-order valence-corrected chi connectivity index (χ0v) is 11.9. The van der Waals surface area contributed by atoms with E-state index in [-0.39, 0.29) is 22.7 Å². The number of nitrogens with one attached hydrogen (secondary N) is 1. The summed E-state index contributed by atoms with van der Waals surface area (Å²) in [4.78, 5) is 12.3. The highest BCUT2D eigenvalue weighted by Gasteiger charge is 2.68. The molecule has 0 aromatic heterocycles. The molecule has 0 aliphatic heterocycles. The van der Waals surface area contributed by atoms with Crippen LogP contribution in [0.25, 0.3) is 0 Å². The average Bonchev–Trinajstić information content (AvgIpc) is 2.72. The van der Waals surface area contributed by atoms with Gasteiger partial charge in [-0.2, -0.15) is 5.26 Å². The fraction of sp³-hybridized carbons (Fsp3) is 0.500. The van der Waals surface area contributed by atoms with Crippen molar-refractivity contribution in [2.75, 3.05) is 5.32 Å². The Morgan fingerprint density at radius 3 is 2.16 bits per heavy atom. The number of hydrogen-bond donors (Lipinski definition) is 1. The van der Waals surface area contributed by atoms with Gasteiger partial charge in [0.2, 0.25) is 5.91 Å². The molecule has 1 aliphatic rings. The van der Waals surface area contributed by atoms with E-state index in [1.165, 1.54) is 0 Å². The Bertz CT molecular complexity index is 521. The molecule has 1 aliphatic carbocycles. The van der Waals surface area contributed by atoms with Crippen molar-refractivity contribution in [3.63, 3.8) is 0 Å². The number of amides is 1. The molecule has 0 unspecified atom stereocenters. The second-order valence-corrected chi connectivity index (χ2v) is 6.40. The van der Waals surface area contributed by atoms with Crippen LogP contribution < -0.4 is 5.32 Å². The number of carbonyl (C=O) groups excluding carboxylic acids is 1. The third-order valence-electron chi connectivity index (χ3n) is 4.79. The maximum absolute atomic E-state index is 12.3. The van der Waals surface area contributed by atoms with Gasteiger partial charge in [0, 0.05) is 11.6 Å². The quantitative estimate of drug-likeness (QED) is 0.901. The zero-order valence-electron chi connectivity index (χ0n) is 11.9. The van der Waals surface area contributed by atoms with Crippen LogP contribution in [0.5, 0.6) is 0 Å². The molecule has 3 heteroatoms. The standard InChI is InChI=1S/C16H20N2O/c1-15(2)13(16(15,3)4)14(19)18-12-7-5-11(6-8-12)9-10-17/h5-8,13H,9H2,1-4H3,(H,18,19). The van der Waals surface area contributed by atoms with E-state index in [0.717, 1.165) is 11.3 Å². The Kier molecular flexibility index (Phi) is 3.14. The summed E-state index contributed by atoms with van der Waals surface area (Å²) in [5.74, 6) is 0.141. The molecule has 1 aromatic rings. The van der Waals surface area contributed by atoms with Crippen LogP contribution >= 0.6 is 0 Å². The van der Waals surface area contributed by atoms with Gasteiger partial charge in [-0.3, -0.25) is 4.79 Å².